The van der Waals surface area contributed by atoms with Crippen LogP contribution in [-0.4, -0.2) is 23.2 Å². The number of carboxylic acid groups (broad SMARTS) is 1. The molecular weight excluding hydrogens is 184 g/mol. The molecule has 0 fully saturated rings. The zero-order chi connectivity index (χ0) is 10.6. The van der Waals surface area contributed by atoms with E-state index in [9.17, 15) is 4.79 Å². The fourth-order valence-corrected chi connectivity index (χ4v) is 1.14. The van der Waals surface area contributed by atoms with Gasteiger partial charge in [-0.25, -0.2) is 0 Å². The van der Waals surface area contributed by atoms with Crippen molar-refractivity contribution in [1.29, 1.82) is 0 Å². The van der Waals surface area contributed by atoms with Crippen LogP contribution in [-0.2, 0) is 4.79 Å². The number of hydrogen-bond donors (Lipinski definition) is 2. The summed E-state index contributed by atoms with van der Waals surface area (Å²) in [5, 5.41) is 8.56. The van der Waals surface area contributed by atoms with Gasteiger partial charge in [0.25, 0.3) is 0 Å². The summed E-state index contributed by atoms with van der Waals surface area (Å²) in [6, 6.07) is 2.77. The zero-order valence-corrected chi connectivity index (χ0v) is 7.80. The highest BCUT2D eigenvalue weighted by Crippen LogP contribution is 2.22. The summed E-state index contributed by atoms with van der Waals surface area (Å²) in [7, 11) is 1.49. The molecule has 1 rings (SSSR count). The first-order valence-corrected chi connectivity index (χ1v) is 4.11. The van der Waals surface area contributed by atoms with Gasteiger partial charge in [0, 0.05) is 6.20 Å². The van der Waals surface area contributed by atoms with Gasteiger partial charge in [0.2, 0.25) is 0 Å². The van der Waals surface area contributed by atoms with E-state index in [0.717, 1.165) is 0 Å². The monoisotopic (exact) mass is 196 g/mol. The second-order valence-corrected chi connectivity index (χ2v) is 2.80. The number of pyridine rings is 1. The summed E-state index contributed by atoms with van der Waals surface area (Å²) >= 11 is 0. The van der Waals surface area contributed by atoms with Crippen molar-refractivity contribution in [2.75, 3.05) is 7.11 Å². The number of rotatable bonds is 4. The predicted octanol–water partition coefficient (Wildman–Crippen LogP) is 0.565. The van der Waals surface area contributed by atoms with E-state index in [4.69, 9.17) is 15.6 Å². The van der Waals surface area contributed by atoms with E-state index in [2.05, 4.69) is 4.98 Å². The minimum atomic E-state index is -0.954. The van der Waals surface area contributed by atoms with Crippen LogP contribution in [0.1, 0.15) is 18.2 Å². The van der Waals surface area contributed by atoms with Crippen LogP contribution in [0, 0.1) is 0 Å². The quantitative estimate of drug-likeness (QED) is 0.735. The van der Waals surface area contributed by atoms with E-state index in [0.29, 0.717) is 11.4 Å². The number of hydrogen-bond acceptors (Lipinski definition) is 4. The van der Waals surface area contributed by atoms with Crippen LogP contribution < -0.4 is 10.5 Å². The molecule has 5 nitrogen and oxygen atoms in total. The number of aliphatic carboxylic acids is 1. The topological polar surface area (TPSA) is 85.4 Å². The number of carbonyl (C=O) groups is 1. The fourth-order valence-electron chi connectivity index (χ4n) is 1.14. The van der Waals surface area contributed by atoms with Gasteiger partial charge in [-0.2, -0.15) is 0 Å². The molecule has 0 spiro atoms. The van der Waals surface area contributed by atoms with Crippen LogP contribution >= 0.6 is 0 Å². The van der Waals surface area contributed by atoms with Gasteiger partial charge in [0.05, 0.1) is 25.3 Å². The summed E-state index contributed by atoms with van der Waals surface area (Å²) < 4.78 is 5.01. The molecule has 76 valence electrons. The van der Waals surface area contributed by atoms with E-state index in [1.54, 1.807) is 18.3 Å². The standard InChI is InChI=1S/C9H12N2O3/c1-14-7-3-2-4-11-9(7)6(10)5-8(12)13/h2-4,6H,5,10H2,1H3,(H,12,13)/t6-/m0/s1. The van der Waals surface area contributed by atoms with Crippen LogP contribution in [0.4, 0.5) is 0 Å². The molecule has 1 atom stereocenters. The maximum atomic E-state index is 10.4. The molecule has 0 saturated carbocycles. The average Bonchev–Trinajstić information content (AvgIpc) is 2.16. The third-order valence-corrected chi connectivity index (χ3v) is 1.77. The van der Waals surface area contributed by atoms with Gasteiger partial charge in [0.15, 0.2) is 0 Å². The molecule has 1 heterocycles. The molecule has 0 radical (unpaired) electrons. The maximum absolute atomic E-state index is 10.4. The Morgan fingerprint density at radius 3 is 3.07 bits per heavy atom. The van der Waals surface area contributed by atoms with Crippen molar-refractivity contribution in [2.24, 2.45) is 5.73 Å². The SMILES string of the molecule is COc1cccnc1[C@@H](N)CC(=O)O. The van der Waals surface area contributed by atoms with Gasteiger partial charge < -0.3 is 15.6 Å². The molecular formula is C9H12N2O3. The number of nitrogens with two attached hydrogens (primary N) is 1. The van der Waals surface area contributed by atoms with Gasteiger partial charge in [-0.1, -0.05) is 0 Å². The van der Waals surface area contributed by atoms with E-state index in [1.807, 2.05) is 0 Å². The lowest BCUT2D eigenvalue weighted by Gasteiger charge is -2.11. The molecule has 0 aliphatic rings. The number of methoxy groups -OCH3 is 1. The van der Waals surface area contributed by atoms with Crippen LogP contribution in [0.15, 0.2) is 18.3 Å². The predicted molar refractivity (Wildman–Crippen MR) is 50.0 cm³/mol. The summed E-state index contributed by atoms with van der Waals surface area (Å²) in [5.74, 6) is -0.438. The van der Waals surface area contributed by atoms with Gasteiger partial charge in [-0.15, -0.1) is 0 Å². The Hall–Kier alpha value is -1.62. The lowest BCUT2D eigenvalue weighted by atomic mass is 10.1. The first kappa shape index (κ1) is 10.5. The Morgan fingerprint density at radius 2 is 2.50 bits per heavy atom. The van der Waals surface area contributed by atoms with Crippen molar-refractivity contribution in [1.82, 2.24) is 4.98 Å². The lowest BCUT2D eigenvalue weighted by Crippen LogP contribution is -2.17. The van der Waals surface area contributed by atoms with Crippen molar-refractivity contribution >= 4 is 5.97 Å². The van der Waals surface area contributed by atoms with Crippen molar-refractivity contribution in [3.8, 4) is 5.75 Å². The minimum absolute atomic E-state index is 0.159. The van der Waals surface area contributed by atoms with Crippen molar-refractivity contribution in [3.05, 3.63) is 24.0 Å². The highest BCUT2D eigenvalue weighted by molar-refractivity contribution is 5.67. The van der Waals surface area contributed by atoms with Crippen LogP contribution in [0.5, 0.6) is 5.75 Å². The first-order chi connectivity index (χ1) is 6.65. The molecule has 0 aromatic carbocycles. The smallest absolute Gasteiger partial charge is 0.305 e. The van der Waals surface area contributed by atoms with Gasteiger partial charge in [-0.3, -0.25) is 9.78 Å². The normalized spacial score (nSPS) is 12.1. The molecule has 3 N–H and O–H groups in total. The molecule has 0 aliphatic carbocycles. The summed E-state index contributed by atoms with van der Waals surface area (Å²) in [5.41, 5.74) is 6.12. The Balaban J connectivity index is 2.87. The minimum Gasteiger partial charge on any atom is -0.495 e. The average molecular weight is 196 g/mol. The second-order valence-electron chi connectivity index (χ2n) is 2.80. The van der Waals surface area contributed by atoms with Crippen LogP contribution in [0.3, 0.4) is 0 Å². The first-order valence-electron chi connectivity index (χ1n) is 4.11. The van der Waals surface area contributed by atoms with Gasteiger partial charge >= 0.3 is 5.97 Å². The number of ether oxygens (including phenoxy) is 1. The number of nitrogens with zero attached hydrogens (tertiary/aromatic N) is 1. The van der Waals surface area contributed by atoms with Crippen LogP contribution in [0.25, 0.3) is 0 Å². The van der Waals surface area contributed by atoms with Crippen molar-refractivity contribution in [2.45, 2.75) is 12.5 Å². The Labute approximate surface area is 81.5 Å². The Kier molecular flexibility index (Phi) is 3.41. The van der Waals surface area contributed by atoms with E-state index < -0.39 is 12.0 Å². The highest BCUT2D eigenvalue weighted by Gasteiger charge is 2.15. The third-order valence-electron chi connectivity index (χ3n) is 1.77. The zero-order valence-electron chi connectivity index (χ0n) is 7.80. The van der Waals surface area contributed by atoms with Crippen molar-refractivity contribution < 1.29 is 14.6 Å². The van der Waals surface area contributed by atoms with Gasteiger partial charge in [-0.05, 0) is 12.1 Å². The number of carboxylic acids is 1. The Morgan fingerprint density at radius 1 is 1.79 bits per heavy atom. The molecule has 0 unspecified atom stereocenters. The fraction of sp³-hybridized carbons (Fsp3) is 0.333. The van der Waals surface area contributed by atoms with Crippen LogP contribution in [0.2, 0.25) is 0 Å². The maximum Gasteiger partial charge on any atom is 0.305 e. The summed E-state index contributed by atoms with van der Waals surface area (Å²) in [4.78, 5) is 14.4. The van der Waals surface area contributed by atoms with E-state index in [-0.39, 0.29) is 6.42 Å². The molecule has 0 bridgehead atoms. The molecule has 5 heteroatoms. The largest absolute Gasteiger partial charge is 0.495 e. The molecule has 0 amide bonds. The third kappa shape index (κ3) is 2.43. The molecule has 0 saturated heterocycles. The van der Waals surface area contributed by atoms with Gasteiger partial charge in [0.1, 0.15) is 5.75 Å². The molecule has 1 aromatic heterocycles. The second kappa shape index (κ2) is 4.57. The summed E-state index contributed by atoms with van der Waals surface area (Å²) in [6.45, 7) is 0. The molecule has 1 aromatic rings. The lowest BCUT2D eigenvalue weighted by molar-refractivity contribution is -0.137. The van der Waals surface area contributed by atoms with E-state index in [1.165, 1.54) is 7.11 Å². The Bertz CT molecular complexity index is 328. The molecule has 14 heavy (non-hydrogen) atoms. The van der Waals surface area contributed by atoms with Crippen molar-refractivity contribution in [3.63, 3.8) is 0 Å². The summed E-state index contributed by atoms with van der Waals surface area (Å²) in [6.07, 6.45) is 1.40. The molecule has 0 aliphatic heterocycles. The van der Waals surface area contributed by atoms with E-state index >= 15 is 0 Å². The number of aromatic nitrogens is 1. The highest BCUT2D eigenvalue weighted by atomic mass is 16.5.